The molecule has 0 amide bonds. The van der Waals surface area contributed by atoms with Gasteiger partial charge < -0.3 is 10.6 Å². The smallest absolute Gasteiger partial charge is 0.0837 e. The first kappa shape index (κ1) is 12.7. The number of nitrogens with one attached hydrogen (secondary N) is 3. The molecule has 0 bridgehead atoms. The van der Waals surface area contributed by atoms with E-state index in [2.05, 4.69) is 65.4 Å². The zero-order valence-corrected chi connectivity index (χ0v) is 11.5. The van der Waals surface area contributed by atoms with Crippen molar-refractivity contribution in [3.8, 4) is 0 Å². The van der Waals surface area contributed by atoms with E-state index in [-0.39, 0.29) is 0 Å². The van der Waals surface area contributed by atoms with Crippen molar-refractivity contribution in [2.45, 2.75) is 38.0 Å². The average Bonchev–Trinajstić information content (AvgIpc) is 2.48. The molecule has 3 rings (SSSR count). The van der Waals surface area contributed by atoms with E-state index >= 15 is 0 Å². The number of rotatable bonds is 2. The van der Waals surface area contributed by atoms with Crippen LogP contribution in [0.25, 0.3) is 0 Å². The highest BCUT2D eigenvalue weighted by Crippen LogP contribution is 2.20. The van der Waals surface area contributed by atoms with E-state index in [1.54, 1.807) is 0 Å². The molecule has 0 aromatic heterocycles. The Morgan fingerprint density at radius 1 is 1.11 bits per heavy atom. The third kappa shape index (κ3) is 2.99. The van der Waals surface area contributed by atoms with Crippen molar-refractivity contribution in [2.75, 3.05) is 6.54 Å². The van der Waals surface area contributed by atoms with Crippen molar-refractivity contribution in [3.63, 3.8) is 0 Å². The normalized spacial score (nSPS) is 37.8. The topological polar surface area (TPSA) is 36.1 Å². The Bertz CT molecular complexity index is 433. The molecule has 2 aliphatic heterocycles. The fourth-order valence-electron chi connectivity index (χ4n) is 3.04. The molecule has 19 heavy (non-hydrogen) atoms. The fourth-order valence-corrected chi connectivity index (χ4v) is 3.04. The monoisotopic (exact) mass is 257 g/mol. The minimum atomic E-state index is 0.327. The zero-order valence-electron chi connectivity index (χ0n) is 11.5. The standard InChI is InChI=1S/C16H23N3/c1-12-11-15(14-9-5-6-10-17-14)19-16(18-12)13-7-3-2-4-8-13/h2-5,7,9,11,13-19H,6,8,10H2,1H3. The highest BCUT2D eigenvalue weighted by atomic mass is 15.2. The summed E-state index contributed by atoms with van der Waals surface area (Å²) in [6, 6.07) is 0.790. The van der Waals surface area contributed by atoms with Crippen LogP contribution in [0.1, 0.15) is 19.8 Å². The van der Waals surface area contributed by atoms with Crippen molar-refractivity contribution < 1.29 is 0 Å². The Balaban J connectivity index is 1.70. The first-order valence-electron chi connectivity index (χ1n) is 7.27. The second-order valence-electron chi connectivity index (χ2n) is 5.57. The van der Waals surface area contributed by atoms with Crippen LogP contribution in [0.4, 0.5) is 0 Å². The van der Waals surface area contributed by atoms with Crippen LogP contribution in [0.5, 0.6) is 0 Å². The van der Waals surface area contributed by atoms with Gasteiger partial charge in [0.15, 0.2) is 0 Å². The third-order valence-electron chi connectivity index (χ3n) is 4.05. The molecule has 4 unspecified atom stereocenters. The van der Waals surface area contributed by atoms with Crippen molar-refractivity contribution in [2.24, 2.45) is 5.92 Å². The summed E-state index contributed by atoms with van der Waals surface area (Å²) < 4.78 is 0. The van der Waals surface area contributed by atoms with Crippen molar-refractivity contribution in [3.05, 3.63) is 48.2 Å². The predicted molar refractivity (Wildman–Crippen MR) is 79.5 cm³/mol. The SMILES string of the molecule is CC1=CC(C2C=CCCN2)NC(C2C=CC=CC2)N1. The first-order valence-corrected chi connectivity index (χ1v) is 7.27. The van der Waals surface area contributed by atoms with Gasteiger partial charge >= 0.3 is 0 Å². The lowest BCUT2D eigenvalue weighted by atomic mass is 9.93. The van der Waals surface area contributed by atoms with Crippen LogP contribution in [0, 0.1) is 5.92 Å². The highest BCUT2D eigenvalue weighted by Gasteiger charge is 2.28. The second-order valence-corrected chi connectivity index (χ2v) is 5.57. The quantitative estimate of drug-likeness (QED) is 0.661. The molecule has 0 radical (unpaired) electrons. The predicted octanol–water partition coefficient (Wildman–Crippen LogP) is 1.83. The van der Waals surface area contributed by atoms with E-state index in [4.69, 9.17) is 0 Å². The molecule has 0 saturated heterocycles. The van der Waals surface area contributed by atoms with E-state index in [0.29, 0.717) is 24.2 Å². The van der Waals surface area contributed by atoms with Gasteiger partial charge in [0.1, 0.15) is 0 Å². The van der Waals surface area contributed by atoms with E-state index in [1.807, 2.05) is 0 Å². The summed E-state index contributed by atoms with van der Waals surface area (Å²) in [6.45, 7) is 3.24. The van der Waals surface area contributed by atoms with Crippen LogP contribution in [-0.2, 0) is 0 Å². The minimum Gasteiger partial charge on any atom is -0.373 e. The van der Waals surface area contributed by atoms with Gasteiger partial charge in [-0.1, -0.05) is 36.5 Å². The summed E-state index contributed by atoms with van der Waals surface area (Å²) in [7, 11) is 0. The number of hydrogen-bond donors (Lipinski definition) is 3. The van der Waals surface area contributed by atoms with Crippen LogP contribution in [0.15, 0.2) is 48.2 Å². The maximum absolute atomic E-state index is 3.74. The van der Waals surface area contributed by atoms with Gasteiger partial charge in [0, 0.05) is 23.7 Å². The summed E-state index contributed by atoms with van der Waals surface area (Å²) in [5, 5.41) is 10.9. The highest BCUT2D eigenvalue weighted by molar-refractivity contribution is 5.20. The summed E-state index contributed by atoms with van der Waals surface area (Å²) >= 11 is 0. The average molecular weight is 257 g/mol. The Morgan fingerprint density at radius 3 is 2.79 bits per heavy atom. The van der Waals surface area contributed by atoms with Gasteiger partial charge in [-0.15, -0.1) is 0 Å². The summed E-state index contributed by atoms with van der Waals surface area (Å²) in [4.78, 5) is 0. The molecule has 0 aromatic carbocycles. The molecule has 0 spiro atoms. The fraction of sp³-hybridized carbons (Fsp3) is 0.500. The lowest BCUT2D eigenvalue weighted by molar-refractivity contribution is 0.302. The van der Waals surface area contributed by atoms with Gasteiger partial charge in [-0.25, -0.2) is 0 Å². The lowest BCUT2D eigenvalue weighted by Crippen LogP contribution is -2.59. The van der Waals surface area contributed by atoms with Crippen LogP contribution < -0.4 is 16.0 Å². The van der Waals surface area contributed by atoms with Crippen molar-refractivity contribution in [1.29, 1.82) is 0 Å². The Kier molecular flexibility index (Phi) is 3.85. The van der Waals surface area contributed by atoms with E-state index in [0.717, 1.165) is 19.4 Å². The summed E-state index contributed by atoms with van der Waals surface area (Å²) in [5.74, 6) is 0.531. The molecule has 102 valence electrons. The van der Waals surface area contributed by atoms with Crippen LogP contribution in [-0.4, -0.2) is 24.8 Å². The van der Waals surface area contributed by atoms with Gasteiger partial charge in [-0.2, -0.15) is 0 Å². The number of hydrogen-bond acceptors (Lipinski definition) is 3. The molecular formula is C16H23N3. The largest absolute Gasteiger partial charge is 0.373 e. The molecule has 3 nitrogen and oxygen atoms in total. The molecule has 4 atom stereocenters. The Labute approximate surface area is 115 Å². The molecular weight excluding hydrogens is 234 g/mol. The Hall–Kier alpha value is -1.32. The zero-order chi connectivity index (χ0) is 13.1. The van der Waals surface area contributed by atoms with Crippen LogP contribution in [0.3, 0.4) is 0 Å². The molecule has 2 heterocycles. The summed E-state index contributed by atoms with van der Waals surface area (Å²) in [5.41, 5.74) is 1.28. The Morgan fingerprint density at radius 2 is 2.05 bits per heavy atom. The lowest BCUT2D eigenvalue weighted by Gasteiger charge is -2.38. The molecule has 0 fully saturated rings. The van der Waals surface area contributed by atoms with Gasteiger partial charge in [0.2, 0.25) is 0 Å². The van der Waals surface area contributed by atoms with E-state index in [1.165, 1.54) is 5.70 Å². The van der Waals surface area contributed by atoms with Gasteiger partial charge in [0.05, 0.1) is 6.17 Å². The molecule has 3 N–H and O–H groups in total. The first-order chi connectivity index (χ1) is 9.33. The van der Waals surface area contributed by atoms with Gasteiger partial charge in [-0.05, 0) is 32.4 Å². The molecule has 3 heteroatoms. The molecule has 0 saturated carbocycles. The summed E-state index contributed by atoms with van der Waals surface area (Å²) in [6.07, 6.45) is 18.3. The molecule has 1 aliphatic carbocycles. The second kappa shape index (κ2) is 5.76. The van der Waals surface area contributed by atoms with Crippen molar-refractivity contribution in [1.82, 2.24) is 16.0 Å². The number of allylic oxidation sites excluding steroid dienone is 4. The van der Waals surface area contributed by atoms with Crippen LogP contribution in [0.2, 0.25) is 0 Å². The van der Waals surface area contributed by atoms with E-state index in [9.17, 15) is 0 Å². The third-order valence-corrected chi connectivity index (χ3v) is 4.05. The van der Waals surface area contributed by atoms with E-state index < -0.39 is 0 Å². The molecule has 3 aliphatic rings. The minimum absolute atomic E-state index is 0.327. The van der Waals surface area contributed by atoms with Gasteiger partial charge in [-0.3, -0.25) is 5.32 Å². The maximum Gasteiger partial charge on any atom is 0.0837 e. The maximum atomic E-state index is 3.74. The molecule has 0 aromatic rings. The van der Waals surface area contributed by atoms with Crippen LogP contribution >= 0.6 is 0 Å². The van der Waals surface area contributed by atoms with Crippen molar-refractivity contribution >= 4 is 0 Å². The van der Waals surface area contributed by atoms with Gasteiger partial charge in [0.25, 0.3) is 0 Å².